The Hall–Kier alpha value is -2.82. The van der Waals surface area contributed by atoms with Crippen LogP contribution in [0.25, 0.3) is 11.5 Å². The van der Waals surface area contributed by atoms with E-state index in [1.54, 1.807) is 17.8 Å². The van der Waals surface area contributed by atoms with E-state index in [4.69, 9.17) is 4.42 Å². The Morgan fingerprint density at radius 1 is 1.22 bits per heavy atom. The third kappa shape index (κ3) is 3.51. The molecule has 23 heavy (non-hydrogen) atoms. The summed E-state index contributed by atoms with van der Waals surface area (Å²) in [4.78, 5) is 12.3. The van der Waals surface area contributed by atoms with Crippen molar-refractivity contribution in [1.82, 2.24) is 15.1 Å². The van der Waals surface area contributed by atoms with E-state index in [0.717, 1.165) is 12.2 Å². The summed E-state index contributed by atoms with van der Waals surface area (Å²) in [5, 5.41) is 7.27. The lowest BCUT2D eigenvalue weighted by atomic mass is 10.1. The van der Waals surface area contributed by atoms with Crippen molar-refractivity contribution in [3.8, 4) is 11.5 Å². The van der Waals surface area contributed by atoms with Gasteiger partial charge in [0.05, 0.1) is 0 Å². The van der Waals surface area contributed by atoms with Crippen LogP contribution in [0.3, 0.4) is 0 Å². The van der Waals surface area contributed by atoms with Crippen molar-refractivity contribution in [2.45, 2.75) is 13.3 Å². The molecule has 0 aliphatic heterocycles. The van der Waals surface area contributed by atoms with E-state index >= 15 is 0 Å². The molecule has 2 heterocycles. The van der Waals surface area contributed by atoms with Crippen molar-refractivity contribution < 1.29 is 9.21 Å². The number of carbonyl (C=O) groups excluding carboxylic acids is 1. The molecule has 0 bridgehead atoms. The first-order valence-electron chi connectivity index (χ1n) is 7.56. The van der Waals surface area contributed by atoms with Gasteiger partial charge in [-0.1, -0.05) is 30.3 Å². The second kappa shape index (κ2) is 6.52. The van der Waals surface area contributed by atoms with Gasteiger partial charge in [0.25, 0.3) is 5.91 Å². The van der Waals surface area contributed by atoms with Crippen LogP contribution in [-0.4, -0.2) is 22.2 Å². The van der Waals surface area contributed by atoms with Crippen LogP contribution in [0.15, 0.2) is 52.9 Å². The lowest BCUT2D eigenvalue weighted by Crippen LogP contribution is -2.27. The van der Waals surface area contributed by atoms with Crippen molar-refractivity contribution in [2.24, 2.45) is 7.05 Å². The maximum atomic E-state index is 12.3. The first-order valence-corrected chi connectivity index (χ1v) is 7.56. The molecular formula is C18H19N3O2. The number of nitrogens with one attached hydrogen (secondary N) is 1. The minimum Gasteiger partial charge on any atom is -0.460 e. The van der Waals surface area contributed by atoms with E-state index in [-0.39, 0.29) is 5.91 Å². The molecule has 5 nitrogen and oxygen atoms in total. The molecule has 0 aliphatic carbocycles. The Kier molecular flexibility index (Phi) is 4.28. The molecule has 0 unspecified atom stereocenters. The molecule has 0 radical (unpaired) electrons. The Bertz CT molecular complexity index is 803. The number of nitrogens with zero attached hydrogens (tertiary/aromatic N) is 2. The zero-order valence-electron chi connectivity index (χ0n) is 13.2. The number of furan rings is 1. The third-order valence-corrected chi connectivity index (χ3v) is 3.65. The lowest BCUT2D eigenvalue weighted by molar-refractivity contribution is 0.0944. The molecule has 0 fully saturated rings. The van der Waals surface area contributed by atoms with Crippen LogP contribution in [0.5, 0.6) is 0 Å². The fraction of sp³-hybridized carbons (Fsp3) is 0.222. The Labute approximate surface area is 134 Å². The molecule has 2 aromatic heterocycles. The Balaban J connectivity index is 1.64. The number of aryl methyl sites for hydroxylation is 2. The minimum absolute atomic E-state index is 0.134. The smallest absolute Gasteiger partial charge is 0.269 e. The van der Waals surface area contributed by atoms with Crippen LogP contribution < -0.4 is 5.32 Å². The molecule has 5 heteroatoms. The molecule has 0 atom stereocenters. The first-order chi connectivity index (χ1) is 11.1. The van der Waals surface area contributed by atoms with Crippen LogP contribution in [0.4, 0.5) is 0 Å². The van der Waals surface area contributed by atoms with Crippen LogP contribution in [0.2, 0.25) is 0 Å². The van der Waals surface area contributed by atoms with E-state index < -0.39 is 0 Å². The van der Waals surface area contributed by atoms with Gasteiger partial charge in [-0.25, -0.2) is 0 Å². The van der Waals surface area contributed by atoms with Crippen LogP contribution in [0, 0.1) is 6.92 Å². The number of hydrogen-bond acceptors (Lipinski definition) is 3. The number of carbonyl (C=O) groups is 1. The number of amides is 1. The summed E-state index contributed by atoms with van der Waals surface area (Å²) in [5.41, 5.74) is 2.38. The van der Waals surface area contributed by atoms with Gasteiger partial charge < -0.3 is 9.73 Å². The molecular weight excluding hydrogens is 290 g/mol. The molecule has 0 spiro atoms. The highest BCUT2D eigenvalue weighted by molar-refractivity contribution is 5.93. The normalized spacial score (nSPS) is 10.7. The van der Waals surface area contributed by atoms with E-state index in [9.17, 15) is 4.79 Å². The van der Waals surface area contributed by atoms with Crippen LogP contribution in [-0.2, 0) is 13.5 Å². The summed E-state index contributed by atoms with van der Waals surface area (Å²) in [6.07, 6.45) is 0.800. The second-order valence-electron chi connectivity index (χ2n) is 5.44. The topological polar surface area (TPSA) is 60.1 Å². The number of rotatable bonds is 5. The number of hydrogen-bond donors (Lipinski definition) is 1. The minimum atomic E-state index is -0.134. The van der Waals surface area contributed by atoms with Crippen molar-refractivity contribution in [1.29, 1.82) is 0 Å². The molecule has 1 N–H and O–H groups in total. The third-order valence-electron chi connectivity index (χ3n) is 3.65. The molecule has 118 valence electrons. The monoisotopic (exact) mass is 309 g/mol. The molecule has 0 aliphatic rings. The van der Waals surface area contributed by atoms with Crippen molar-refractivity contribution in [3.05, 3.63) is 65.5 Å². The largest absolute Gasteiger partial charge is 0.460 e. The van der Waals surface area contributed by atoms with Gasteiger partial charge in [-0.3, -0.25) is 9.48 Å². The predicted octanol–water partition coefficient (Wildman–Crippen LogP) is 2.96. The average Bonchev–Trinajstić information content (AvgIpc) is 3.14. The van der Waals surface area contributed by atoms with Gasteiger partial charge in [-0.15, -0.1) is 0 Å². The summed E-state index contributed by atoms with van der Waals surface area (Å²) in [7, 11) is 1.76. The van der Waals surface area contributed by atoms with Crippen LogP contribution >= 0.6 is 0 Å². The van der Waals surface area contributed by atoms with E-state index in [1.807, 2.05) is 49.4 Å². The molecule has 3 aromatic rings. The summed E-state index contributed by atoms with van der Waals surface area (Å²) >= 11 is 0. The molecule has 1 amide bonds. The van der Waals surface area contributed by atoms with Gasteiger partial charge in [0.15, 0.2) is 5.76 Å². The average molecular weight is 309 g/mol. The zero-order valence-corrected chi connectivity index (χ0v) is 13.2. The van der Waals surface area contributed by atoms with Crippen molar-refractivity contribution >= 4 is 5.91 Å². The van der Waals surface area contributed by atoms with E-state index in [1.165, 1.54) is 5.56 Å². The predicted molar refractivity (Wildman–Crippen MR) is 88.1 cm³/mol. The highest BCUT2D eigenvalue weighted by atomic mass is 16.3. The molecule has 0 saturated heterocycles. The number of aromatic nitrogens is 2. The standard InChI is InChI=1S/C18H19N3O2/c1-13-8-9-17(23-13)15-12-16(21(2)20-15)18(22)19-11-10-14-6-4-3-5-7-14/h3-9,12H,10-11H2,1-2H3,(H,19,22). The van der Waals surface area contributed by atoms with Crippen LogP contribution in [0.1, 0.15) is 21.8 Å². The Morgan fingerprint density at radius 3 is 2.70 bits per heavy atom. The fourth-order valence-corrected chi connectivity index (χ4v) is 2.43. The van der Waals surface area contributed by atoms with E-state index in [0.29, 0.717) is 23.7 Å². The maximum Gasteiger partial charge on any atom is 0.269 e. The summed E-state index contributed by atoms with van der Waals surface area (Å²) < 4.78 is 7.12. The molecule has 0 saturated carbocycles. The first kappa shape index (κ1) is 15.1. The zero-order chi connectivity index (χ0) is 16.2. The molecule has 3 rings (SSSR count). The van der Waals surface area contributed by atoms with Gasteiger partial charge >= 0.3 is 0 Å². The fourth-order valence-electron chi connectivity index (χ4n) is 2.43. The van der Waals surface area contributed by atoms with Gasteiger partial charge in [0, 0.05) is 19.7 Å². The van der Waals surface area contributed by atoms with Gasteiger partial charge in [0.2, 0.25) is 0 Å². The quantitative estimate of drug-likeness (QED) is 0.788. The highest BCUT2D eigenvalue weighted by Gasteiger charge is 2.15. The summed E-state index contributed by atoms with van der Waals surface area (Å²) in [6.45, 7) is 2.47. The lowest BCUT2D eigenvalue weighted by Gasteiger charge is -2.05. The van der Waals surface area contributed by atoms with E-state index in [2.05, 4.69) is 10.4 Å². The Morgan fingerprint density at radius 2 is 2.00 bits per heavy atom. The van der Waals surface area contributed by atoms with Crippen molar-refractivity contribution in [2.75, 3.05) is 6.54 Å². The van der Waals surface area contributed by atoms with Crippen molar-refractivity contribution in [3.63, 3.8) is 0 Å². The van der Waals surface area contributed by atoms with Gasteiger partial charge in [-0.2, -0.15) is 5.10 Å². The maximum absolute atomic E-state index is 12.3. The second-order valence-corrected chi connectivity index (χ2v) is 5.44. The van der Waals surface area contributed by atoms with Gasteiger partial charge in [-0.05, 0) is 31.0 Å². The summed E-state index contributed by atoms with van der Waals surface area (Å²) in [6, 6.07) is 15.6. The highest BCUT2D eigenvalue weighted by Crippen LogP contribution is 2.21. The SMILES string of the molecule is Cc1ccc(-c2cc(C(=O)NCCc3ccccc3)n(C)n2)o1. The summed E-state index contributed by atoms with van der Waals surface area (Å²) in [5.74, 6) is 1.35. The number of benzene rings is 1. The van der Waals surface area contributed by atoms with Gasteiger partial charge in [0.1, 0.15) is 17.1 Å². The molecule has 1 aromatic carbocycles.